The minimum Gasteiger partial charge on any atom is -0.372 e. The van der Waals surface area contributed by atoms with Gasteiger partial charge in [0.15, 0.2) is 11.6 Å². The molecule has 20 heavy (non-hydrogen) atoms. The molecule has 0 saturated heterocycles. The molecule has 2 aromatic rings. The predicted molar refractivity (Wildman–Crippen MR) is 67.2 cm³/mol. The third-order valence-electron chi connectivity index (χ3n) is 2.84. The third kappa shape index (κ3) is 3.07. The average Bonchev–Trinajstić information content (AvgIpc) is 2.39. The summed E-state index contributed by atoms with van der Waals surface area (Å²) in [7, 11) is 0. The van der Waals surface area contributed by atoms with Crippen molar-refractivity contribution >= 4 is 5.69 Å². The summed E-state index contributed by atoms with van der Waals surface area (Å²) in [5.41, 5.74) is 0.0152. The van der Waals surface area contributed by atoms with Crippen molar-refractivity contribution < 1.29 is 17.6 Å². The van der Waals surface area contributed by atoms with Crippen molar-refractivity contribution in [1.82, 2.24) is 4.98 Å². The molecule has 0 amide bonds. The van der Waals surface area contributed by atoms with E-state index in [2.05, 4.69) is 10.3 Å². The topological polar surface area (TPSA) is 24.9 Å². The number of benzene rings is 1. The Labute approximate surface area is 113 Å². The highest BCUT2D eigenvalue weighted by Crippen LogP contribution is 2.26. The second-order valence-corrected chi connectivity index (χ2v) is 4.25. The lowest BCUT2D eigenvalue weighted by Gasteiger charge is -2.18. The van der Waals surface area contributed by atoms with Crippen LogP contribution in [0.3, 0.4) is 0 Å². The van der Waals surface area contributed by atoms with Crippen LogP contribution in [0, 0.1) is 23.3 Å². The van der Waals surface area contributed by atoms with E-state index in [1.165, 1.54) is 12.1 Å². The number of rotatable bonds is 4. The Hall–Kier alpha value is -2.11. The molecule has 0 aliphatic heterocycles. The summed E-state index contributed by atoms with van der Waals surface area (Å²) < 4.78 is 52.8. The van der Waals surface area contributed by atoms with Gasteiger partial charge in [0.05, 0.1) is 17.9 Å². The Morgan fingerprint density at radius 1 is 1.05 bits per heavy atom. The van der Waals surface area contributed by atoms with Gasteiger partial charge in [0, 0.05) is 12.1 Å². The molecular formula is C14H12F4N2. The van der Waals surface area contributed by atoms with E-state index in [4.69, 9.17) is 0 Å². The standard InChI is InChI=1S/C14H12F4N2/c1-2-12(13-4-3-8(15)7-19-13)20-14-10(17)5-9(16)6-11(14)18/h3-7,12,20H,2H2,1H3. The van der Waals surface area contributed by atoms with E-state index in [9.17, 15) is 17.6 Å². The molecule has 0 aliphatic carbocycles. The number of nitrogens with one attached hydrogen (secondary N) is 1. The van der Waals surface area contributed by atoms with Crippen LogP contribution in [0.5, 0.6) is 0 Å². The summed E-state index contributed by atoms with van der Waals surface area (Å²) in [5.74, 6) is -3.53. The zero-order chi connectivity index (χ0) is 14.7. The molecule has 0 aliphatic rings. The number of hydrogen-bond acceptors (Lipinski definition) is 2. The lowest BCUT2D eigenvalue weighted by atomic mass is 10.1. The maximum atomic E-state index is 13.6. The van der Waals surface area contributed by atoms with Crippen LogP contribution in [0.1, 0.15) is 25.1 Å². The molecular weight excluding hydrogens is 272 g/mol. The summed E-state index contributed by atoms with van der Waals surface area (Å²) in [6, 6.07) is 3.32. The molecule has 0 fully saturated rings. The van der Waals surface area contributed by atoms with Crippen molar-refractivity contribution in [2.75, 3.05) is 5.32 Å². The molecule has 1 aromatic heterocycles. The minimum atomic E-state index is -1.02. The molecule has 106 valence electrons. The van der Waals surface area contributed by atoms with Crippen molar-refractivity contribution in [3.63, 3.8) is 0 Å². The molecule has 1 aromatic carbocycles. The number of pyridine rings is 1. The highest BCUT2D eigenvalue weighted by molar-refractivity contribution is 5.48. The Bertz CT molecular complexity index is 576. The van der Waals surface area contributed by atoms with Crippen LogP contribution in [0.2, 0.25) is 0 Å². The first-order valence-electron chi connectivity index (χ1n) is 6.03. The van der Waals surface area contributed by atoms with Crippen LogP contribution in [0.25, 0.3) is 0 Å². The fraction of sp³-hybridized carbons (Fsp3) is 0.214. The molecule has 2 rings (SSSR count). The van der Waals surface area contributed by atoms with E-state index < -0.39 is 35.0 Å². The molecule has 1 heterocycles. The second-order valence-electron chi connectivity index (χ2n) is 4.25. The molecule has 1 atom stereocenters. The van der Waals surface area contributed by atoms with Gasteiger partial charge in [-0.05, 0) is 18.6 Å². The first kappa shape index (κ1) is 14.3. The van der Waals surface area contributed by atoms with Gasteiger partial charge in [0.2, 0.25) is 0 Å². The molecule has 0 bridgehead atoms. The van der Waals surface area contributed by atoms with Crippen LogP contribution in [-0.4, -0.2) is 4.98 Å². The Morgan fingerprint density at radius 2 is 1.70 bits per heavy atom. The first-order valence-corrected chi connectivity index (χ1v) is 6.03. The maximum absolute atomic E-state index is 13.6. The lowest BCUT2D eigenvalue weighted by molar-refractivity contribution is 0.542. The van der Waals surface area contributed by atoms with Gasteiger partial charge in [0.1, 0.15) is 17.3 Å². The Balaban J connectivity index is 2.29. The Kier molecular flexibility index (Phi) is 4.22. The molecule has 1 unspecified atom stereocenters. The highest BCUT2D eigenvalue weighted by Gasteiger charge is 2.17. The molecule has 0 spiro atoms. The van der Waals surface area contributed by atoms with Crippen molar-refractivity contribution in [2.45, 2.75) is 19.4 Å². The highest BCUT2D eigenvalue weighted by atomic mass is 19.1. The summed E-state index contributed by atoms with van der Waals surface area (Å²) in [6.45, 7) is 1.78. The molecule has 6 heteroatoms. The van der Waals surface area contributed by atoms with Crippen molar-refractivity contribution in [1.29, 1.82) is 0 Å². The zero-order valence-electron chi connectivity index (χ0n) is 10.6. The third-order valence-corrected chi connectivity index (χ3v) is 2.84. The largest absolute Gasteiger partial charge is 0.372 e. The van der Waals surface area contributed by atoms with E-state index in [1.807, 2.05) is 0 Å². The number of anilines is 1. The zero-order valence-corrected chi connectivity index (χ0v) is 10.6. The molecule has 1 N–H and O–H groups in total. The van der Waals surface area contributed by atoms with Crippen molar-refractivity contribution in [2.24, 2.45) is 0 Å². The van der Waals surface area contributed by atoms with E-state index in [1.54, 1.807) is 6.92 Å². The predicted octanol–water partition coefficient (Wildman–Crippen LogP) is 4.20. The monoisotopic (exact) mass is 284 g/mol. The Morgan fingerprint density at radius 3 is 2.20 bits per heavy atom. The lowest BCUT2D eigenvalue weighted by Crippen LogP contribution is -2.14. The van der Waals surface area contributed by atoms with Gasteiger partial charge >= 0.3 is 0 Å². The van der Waals surface area contributed by atoms with E-state index >= 15 is 0 Å². The number of halogens is 4. The quantitative estimate of drug-likeness (QED) is 0.851. The molecule has 0 radical (unpaired) electrons. The first-order chi connectivity index (χ1) is 9.51. The summed E-state index contributed by atoms with van der Waals surface area (Å²) in [5, 5.41) is 2.63. The van der Waals surface area contributed by atoms with Crippen LogP contribution >= 0.6 is 0 Å². The average molecular weight is 284 g/mol. The van der Waals surface area contributed by atoms with E-state index in [0.29, 0.717) is 24.2 Å². The summed E-state index contributed by atoms with van der Waals surface area (Å²) >= 11 is 0. The fourth-order valence-corrected chi connectivity index (χ4v) is 1.83. The normalized spacial score (nSPS) is 12.2. The van der Waals surface area contributed by atoms with Gasteiger partial charge in [-0.3, -0.25) is 4.98 Å². The van der Waals surface area contributed by atoms with Crippen LogP contribution in [0.15, 0.2) is 30.5 Å². The SMILES string of the molecule is CCC(Nc1c(F)cc(F)cc1F)c1ccc(F)cn1. The number of nitrogens with zero attached hydrogens (tertiary/aromatic N) is 1. The van der Waals surface area contributed by atoms with Gasteiger partial charge in [-0.25, -0.2) is 17.6 Å². The smallest absolute Gasteiger partial charge is 0.152 e. The van der Waals surface area contributed by atoms with Crippen LogP contribution in [0.4, 0.5) is 23.2 Å². The van der Waals surface area contributed by atoms with Gasteiger partial charge in [-0.15, -0.1) is 0 Å². The van der Waals surface area contributed by atoms with Crippen LogP contribution < -0.4 is 5.32 Å². The van der Waals surface area contributed by atoms with E-state index in [-0.39, 0.29) is 0 Å². The number of hydrogen-bond donors (Lipinski definition) is 1. The minimum absolute atomic E-state index is 0.427. The van der Waals surface area contributed by atoms with E-state index in [0.717, 1.165) is 6.20 Å². The molecule has 2 nitrogen and oxygen atoms in total. The van der Waals surface area contributed by atoms with Crippen molar-refractivity contribution in [3.8, 4) is 0 Å². The number of aromatic nitrogens is 1. The summed E-state index contributed by atoms with van der Waals surface area (Å²) in [4.78, 5) is 3.87. The van der Waals surface area contributed by atoms with Gasteiger partial charge in [-0.1, -0.05) is 6.92 Å². The fourth-order valence-electron chi connectivity index (χ4n) is 1.83. The van der Waals surface area contributed by atoms with Gasteiger partial charge in [0.25, 0.3) is 0 Å². The van der Waals surface area contributed by atoms with Gasteiger partial charge in [-0.2, -0.15) is 0 Å². The van der Waals surface area contributed by atoms with Crippen LogP contribution in [-0.2, 0) is 0 Å². The second kappa shape index (κ2) is 5.90. The van der Waals surface area contributed by atoms with Gasteiger partial charge < -0.3 is 5.32 Å². The molecule has 0 saturated carbocycles. The summed E-state index contributed by atoms with van der Waals surface area (Å²) in [6.07, 6.45) is 1.49. The maximum Gasteiger partial charge on any atom is 0.152 e. The van der Waals surface area contributed by atoms with Crippen molar-refractivity contribution in [3.05, 3.63) is 59.4 Å².